The largest absolute Gasteiger partial charge is 0.485 e. The third-order valence-electron chi connectivity index (χ3n) is 5.83. The highest BCUT2D eigenvalue weighted by Crippen LogP contribution is 2.35. The van der Waals surface area contributed by atoms with Crippen molar-refractivity contribution in [2.75, 3.05) is 6.61 Å². The van der Waals surface area contributed by atoms with Crippen LogP contribution in [0.2, 0.25) is 0 Å². The Kier molecular flexibility index (Phi) is 5.45. The molecule has 0 bridgehead atoms. The molecule has 0 saturated heterocycles. The number of Topliss-reactive ketones (excluding diaryl/α,β-unsaturated/α-hetero) is 1. The first-order chi connectivity index (χ1) is 14.5. The van der Waals surface area contributed by atoms with Crippen molar-refractivity contribution >= 4 is 16.7 Å². The van der Waals surface area contributed by atoms with Crippen molar-refractivity contribution in [3.8, 4) is 17.0 Å². The number of nitrogens with zero attached hydrogens (tertiary/aromatic N) is 1. The second kappa shape index (κ2) is 8.19. The van der Waals surface area contributed by atoms with E-state index < -0.39 is 0 Å². The molecule has 0 amide bonds. The van der Waals surface area contributed by atoms with E-state index in [1.807, 2.05) is 56.3 Å². The zero-order chi connectivity index (χ0) is 21.3. The summed E-state index contributed by atoms with van der Waals surface area (Å²) in [5.74, 6) is 0.807. The topological polar surface area (TPSA) is 31.2 Å². The molecule has 4 rings (SSSR count). The van der Waals surface area contributed by atoms with Gasteiger partial charge in [0.25, 0.3) is 0 Å². The van der Waals surface area contributed by atoms with Crippen LogP contribution in [0.5, 0.6) is 5.75 Å². The number of benzene rings is 3. The summed E-state index contributed by atoms with van der Waals surface area (Å²) in [6.07, 6.45) is 0. The third kappa shape index (κ3) is 3.41. The van der Waals surface area contributed by atoms with Crippen molar-refractivity contribution in [1.29, 1.82) is 0 Å². The fraction of sp³-hybridized carbons (Fsp3) is 0.222. The standard InChI is InChI=1S/C27H27NO2/c1-5-28-23-14-10-9-13-22(23)25(26(28)21-11-7-6-8-12-21)24(29)17-30-27-19(3)16-15-18(2)20(27)4/h6-16H,5,17H2,1-4H3. The SMILES string of the molecule is CCn1c(-c2ccccc2)c(C(=O)COc2c(C)ccc(C)c2C)c2ccccc21. The lowest BCUT2D eigenvalue weighted by Gasteiger charge is -2.14. The van der Waals surface area contributed by atoms with E-state index in [9.17, 15) is 4.79 Å². The Morgan fingerprint density at radius 3 is 2.27 bits per heavy atom. The number of hydrogen-bond acceptors (Lipinski definition) is 2. The van der Waals surface area contributed by atoms with Gasteiger partial charge in [0, 0.05) is 17.4 Å². The predicted molar refractivity (Wildman–Crippen MR) is 124 cm³/mol. The van der Waals surface area contributed by atoms with Gasteiger partial charge in [0.2, 0.25) is 5.78 Å². The number of rotatable bonds is 6. The maximum Gasteiger partial charge on any atom is 0.203 e. The van der Waals surface area contributed by atoms with Crippen LogP contribution >= 0.6 is 0 Å². The molecular formula is C27H27NO2. The number of aromatic nitrogens is 1. The van der Waals surface area contributed by atoms with E-state index in [0.29, 0.717) is 0 Å². The quantitative estimate of drug-likeness (QED) is 0.347. The molecule has 0 atom stereocenters. The summed E-state index contributed by atoms with van der Waals surface area (Å²) in [7, 11) is 0. The summed E-state index contributed by atoms with van der Waals surface area (Å²) in [6.45, 7) is 9.04. The van der Waals surface area contributed by atoms with Crippen LogP contribution in [0.4, 0.5) is 0 Å². The Hall–Kier alpha value is -3.33. The summed E-state index contributed by atoms with van der Waals surface area (Å²) in [6, 6.07) is 22.4. The van der Waals surface area contributed by atoms with Crippen LogP contribution < -0.4 is 4.74 Å². The second-order valence-electron chi connectivity index (χ2n) is 7.72. The fourth-order valence-electron chi connectivity index (χ4n) is 4.17. The van der Waals surface area contributed by atoms with Gasteiger partial charge in [0.15, 0.2) is 6.61 Å². The summed E-state index contributed by atoms with van der Waals surface area (Å²) in [5.41, 5.74) is 7.11. The first kappa shape index (κ1) is 20.0. The Balaban J connectivity index is 1.81. The maximum atomic E-state index is 13.5. The molecule has 0 unspecified atom stereocenters. The molecule has 0 aliphatic carbocycles. The van der Waals surface area contributed by atoms with Crippen molar-refractivity contribution in [2.24, 2.45) is 0 Å². The van der Waals surface area contributed by atoms with E-state index in [4.69, 9.17) is 4.74 Å². The minimum absolute atomic E-state index is 0.00226. The Morgan fingerprint density at radius 2 is 1.53 bits per heavy atom. The highest BCUT2D eigenvalue weighted by Gasteiger charge is 2.23. The van der Waals surface area contributed by atoms with Gasteiger partial charge in [-0.15, -0.1) is 0 Å². The van der Waals surface area contributed by atoms with Gasteiger partial charge in [0.05, 0.1) is 11.3 Å². The second-order valence-corrected chi connectivity index (χ2v) is 7.72. The molecule has 0 aliphatic rings. The molecule has 3 nitrogen and oxygen atoms in total. The van der Waals surface area contributed by atoms with Gasteiger partial charge in [-0.25, -0.2) is 0 Å². The van der Waals surface area contributed by atoms with Crippen LogP contribution in [-0.4, -0.2) is 17.0 Å². The van der Waals surface area contributed by atoms with Gasteiger partial charge in [-0.2, -0.15) is 0 Å². The molecule has 4 aromatic rings. The zero-order valence-corrected chi connectivity index (χ0v) is 18.0. The Labute approximate surface area is 177 Å². The molecule has 1 aromatic heterocycles. The summed E-state index contributed by atoms with van der Waals surface area (Å²) in [5, 5.41) is 0.976. The highest BCUT2D eigenvalue weighted by molar-refractivity contribution is 6.14. The van der Waals surface area contributed by atoms with E-state index in [2.05, 4.69) is 42.7 Å². The lowest BCUT2D eigenvalue weighted by atomic mass is 10.0. The number of ether oxygens (including phenoxy) is 1. The number of para-hydroxylation sites is 1. The van der Waals surface area contributed by atoms with E-state index in [0.717, 1.165) is 56.7 Å². The Bertz CT molecular complexity index is 1220. The predicted octanol–water partition coefficient (Wildman–Crippen LogP) is 6.52. The summed E-state index contributed by atoms with van der Waals surface area (Å²) >= 11 is 0. The summed E-state index contributed by atoms with van der Waals surface area (Å²) in [4.78, 5) is 13.5. The van der Waals surface area contributed by atoms with Gasteiger partial charge in [0.1, 0.15) is 5.75 Å². The van der Waals surface area contributed by atoms with Crippen molar-refractivity contribution in [3.05, 3.63) is 89.0 Å². The molecule has 3 heteroatoms. The van der Waals surface area contributed by atoms with E-state index in [1.165, 1.54) is 0 Å². The molecule has 0 spiro atoms. The molecule has 3 aromatic carbocycles. The zero-order valence-electron chi connectivity index (χ0n) is 18.0. The van der Waals surface area contributed by atoms with Crippen LogP contribution in [0.15, 0.2) is 66.7 Å². The first-order valence-electron chi connectivity index (χ1n) is 10.4. The van der Waals surface area contributed by atoms with Gasteiger partial charge in [-0.05, 0) is 56.0 Å². The first-order valence-corrected chi connectivity index (χ1v) is 10.4. The van der Waals surface area contributed by atoms with E-state index in [-0.39, 0.29) is 12.4 Å². The average molecular weight is 398 g/mol. The molecule has 0 radical (unpaired) electrons. The van der Waals surface area contributed by atoms with Gasteiger partial charge < -0.3 is 9.30 Å². The maximum absolute atomic E-state index is 13.5. The Morgan fingerprint density at radius 1 is 0.867 bits per heavy atom. The molecule has 0 aliphatic heterocycles. The number of carbonyl (C=O) groups is 1. The summed E-state index contributed by atoms with van der Waals surface area (Å²) < 4.78 is 8.31. The van der Waals surface area contributed by atoms with Crippen LogP contribution in [-0.2, 0) is 6.54 Å². The van der Waals surface area contributed by atoms with Crippen LogP contribution in [0.25, 0.3) is 22.2 Å². The molecule has 0 fully saturated rings. The van der Waals surface area contributed by atoms with Crippen LogP contribution in [0.3, 0.4) is 0 Å². The van der Waals surface area contributed by atoms with Gasteiger partial charge in [-0.3, -0.25) is 4.79 Å². The monoisotopic (exact) mass is 397 g/mol. The van der Waals surface area contributed by atoms with Crippen molar-refractivity contribution in [2.45, 2.75) is 34.2 Å². The van der Waals surface area contributed by atoms with Gasteiger partial charge >= 0.3 is 0 Å². The van der Waals surface area contributed by atoms with Crippen molar-refractivity contribution in [3.63, 3.8) is 0 Å². The minimum atomic E-state index is -0.00226. The normalized spacial score (nSPS) is 11.1. The average Bonchev–Trinajstić information content (AvgIpc) is 3.11. The molecule has 152 valence electrons. The van der Waals surface area contributed by atoms with Gasteiger partial charge in [-0.1, -0.05) is 60.7 Å². The van der Waals surface area contributed by atoms with Crippen molar-refractivity contribution in [1.82, 2.24) is 4.57 Å². The number of aryl methyl sites for hydroxylation is 3. The highest BCUT2D eigenvalue weighted by atomic mass is 16.5. The van der Waals surface area contributed by atoms with E-state index >= 15 is 0 Å². The number of ketones is 1. The fourth-order valence-corrected chi connectivity index (χ4v) is 4.17. The molecule has 30 heavy (non-hydrogen) atoms. The lowest BCUT2D eigenvalue weighted by molar-refractivity contribution is 0.0923. The van der Waals surface area contributed by atoms with Crippen molar-refractivity contribution < 1.29 is 9.53 Å². The van der Waals surface area contributed by atoms with Crippen LogP contribution in [0, 0.1) is 20.8 Å². The van der Waals surface area contributed by atoms with Crippen LogP contribution in [0.1, 0.15) is 34.0 Å². The smallest absolute Gasteiger partial charge is 0.203 e. The molecule has 1 heterocycles. The number of carbonyl (C=O) groups excluding carboxylic acids is 1. The third-order valence-corrected chi connectivity index (χ3v) is 5.83. The molecular weight excluding hydrogens is 370 g/mol. The molecule has 0 saturated carbocycles. The minimum Gasteiger partial charge on any atom is -0.485 e. The lowest BCUT2D eigenvalue weighted by Crippen LogP contribution is -2.14. The van der Waals surface area contributed by atoms with E-state index in [1.54, 1.807) is 0 Å². The molecule has 0 N–H and O–H groups in total. The number of hydrogen-bond donors (Lipinski definition) is 0. The number of fused-ring (bicyclic) bond motifs is 1.